The number of pyridine rings is 2. The van der Waals surface area contributed by atoms with Gasteiger partial charge in [-0.1, -0.05) is 18.2 Å². The number of esters is 1. The van der Waals surface area contributed by atoms with Crippen LogP contribution in [0.2, 0.25) is 0 Å². The van der Waals surface area contributed by atoms with E-state index < -0.39 is 0 Å². The fourth-order valence-corrected chi connectivity index (χ4v) is 16.3. The van der Waals surface area contributed by atoms with Crippen LogP contribution in [0.5, 0.6) is 11.5 Å². The van der Waals surface area contributed by atoms with Gasteiger partial charge in [-0.15, -0.1) is 56.7 Å². The number of fused-ring (bicyclic) bond motifs is 3. The van der Waals surface area contributed by atoms with E-state index in [4.69, 9.17) is 14.2 Å². The molecule has 0 aliphatic carbocycles. The van der Waals surface area contributed by atoms with Crippen LogP contribution < -0.4 is 46.7 Å². The smallest absolute Gasteiger partial charge is 0.338 e. The summed E-state index contributed by atoms with van der Waals surface area (Å²) in [7, 11) is 0. The summed E-state index contributed by atoms with van der Waals surface area (Å²) in [6.07, 6.45) is 25.0. The molecule has 8 N–H and O–H groups in total. The highest BCUT2D eigenvalue weighted by atomic mass is 32.1. The lowest BCUT2D eigenvalue weighted by Crippen LogP contribution is -2.15. The number of H-pyrrole nitrogens is 1. The monoisotopic (exact) mass is 1740 g/mol. The minimum atomic E-state index is -0.295. The van der Waals surface area contributed by atoms with Crippen molar-refractivity contribution in [2.24, 2.45) is 0 Å². The second kappa shape index (κ2) is 39.5. The first-order valence-corrected chi connectivity index (χ1v) is 42.8. The number of ether oxygens (including phenoxy) is 3. The van der Waals surface area contributed by atoms with Crippen molar-refractivity contribution in [1.29, 1.82) is 0 Å². The maximum Gasteiger partial charge on any atom is 0.338 e. The van der Waals surface area contributed by atoms with E-state index in [0.717, 1.165) is 146 Å². The SMILES string of the molecule is Cc1cc(C)cc(Nc2nccc(-c3ncc(CNc4cccnc4)s3)n2)c1.Cc1cc(C)cc(Nc2nccc(-c3ncc(CNc4ccncc4)s3)n2)c1.Cc1cnc(-c2ccnc(Nc3ccc4c(c3)C(=O)OC4)n2)s1.Cc1cnc(-c2ccnc(Nc3ccc4c(c3)OCCO4)n2)s1.Cc1cnc(-c2ccnc(Nc3ccc4n[nH]nc4c3)n2)s1. The summed E-state index contributed by atoms with van der Waals surface area (Å²) in [5.41, 5.74) is 18.3. The Morgan fingerprint density at radius 1 is 0.339 bits per heavy atom. The molecule has 0 fully saturated rings. The van der Waals surface area contributed by atoms with Gasteiger partial charge in [-0.2, -0.15) is 15.4 Å². The number of nitrogens with zero attached hydrogens (tertiary/aromatic N) is 19. The molecule has 0 atom stereocenters. The van der Waals surface area contributed by atoms with Gasteiger partial charge in [0.25, 0.3) is 0 Å². The molecule has 124 heavy (non-hydrogen) atoms. The van der Waals surface area contributed by atoms with Crippen molar-refractivity contribution in [3.05, 3.63) is 290 Å². The molecule has 0 radical (unpaired) electrons. The van der Waals surface area contributed by atoms with Gasteiger partial charge in [0.2, 0.25) is 29.7 Å². The standard InChI is InChI=1S/2C21H20N6S.C16H12N4O2S.C16H14N4O2S.C14H11N7S/c1-14-9-15(2)11-17(10-14)26-21-23-8-5-19(27-21)20-25-13-18(28-20)12-24-16-3-6-22-7-4-16;1-14-8-15(2)10-17(9-14)26-21-23-7-5-19(27-21)20-25-13-18(28-20)12-24-16-4-3-6-22-11-16;1-9-7-18-14(23-9)13-4-5-17-16(20-13)19-11-3-2-10-8-22-15(21)12(10)6-11;1-10-9-18-15(23-10)12-4-5-17-16(20-12)19-11-2-3-13-14(8-11)22-7-6-21-13;1-8-7-16-13(22-8)11-4-5-15-14(18-11)17-9-2-3-10-12(6-9)20-21-19-10/h3-11,13H,12H2,1-2H3,(H,22,24)(H,23,26,27);3-11,13,24H,12H2,1-2H3,(H,23,26,27);2-7H,8H2,1H3,(H,17,19,20);2-5,8-9H,6-7H2,1H3,(H,17,19,20);2-7H,1H3,(H,15,17,18)(H,19,20,21). The maximum atomic E-state index is 11.6. The number of carbonyl (C=O) groups is 1. The average molecular weight is 1740 g/mol. The highest BCUT2D eigenvalue weighted by molar-refractivity contribution is 7.16. The number of aryl methyl sites for hydroxylation is 7. The molecule has 5 aromatic carbocycles. The Morgan fingerprint density at radius 3 is 1.23 bits per heavy atom. The lowest BCUT2D eigenvalue weighted by molar-refractivity contribution is 0.0535. The number of anilines is 12. The molecule has 2 aliphatic rings. The third-order valence-corrected chi connectivity index (χ3v) is 22.7. The third-order valence-electron chi connectivity index (χ3n) is 17.9. The molecule has 2 aliphatic heterocycles. The Labute approximate surface area is 731 Å². The van der Waals surface area contributed by atoms with Gasteiger partial charge in [0.15, 0.2) is 11.5 Å². The van der Waals surface area contributed by atoms with Gasteiger partial charge in [-0.25, -0.2) is 79.6 Å². The number of hydrogen-bond acceptors (Lipinski definition) is 35. The van der Waals surface area contributed by atoms with Crippen LogP contribution in [0, 0.1) is 48.5 Å². The molecule has 18 aromatic rings. The summed E-state index contributed by atoms with van der Waals surface area (Å²) in [6.45, 7) is 17.2. The van der Waals surface area contributed by atoms with Gasteiger partial charge >= 0.3 is 5.97 Å². The number of aromatic amines is 1. The summed E-state index contributed by atoms with van der Waals surface area (Å²) in [5.74, 6) is 3.82. The van der Waals surface area contributed by atoms with Crippen molar-refractivity contribution in [2.75, 3.05) is 50.4 Å². The van der Waals surface area contributed by atoms with Crippen LogP contribution in [0.25, 0.3) is 64.5 Å². The van der Waals surface area contributed by atoms with Gasteiger partial charge in [0.1, 0.15) is 84.4 Å². The van der Waals surface area contributed by atoms with E-state index in [1.165, 1.54) is 22.3 Å². The molecule has 618 valence electrons. The molecule has 31 nitrogen and oxygen atoms in total. The third kappa shape index (κ3) is 22.5. The molecule has 0 amide bonds. The van der Waals surface area contributed by atoms with E-state index in [9.17, 15) is 4.79 Å². The minimum absolute atomic E-state index is 0.295. The second-order valence-electron chi connectivity index (χ2n) is 27.8. The van der Waals surface area contributed by atoms with Gasteiger partial charge < -0.3 is 51.4 Å². The lowest BCUT2D eigenvalue weighted by Gasteiger charge is -2.19. The molecule has 13 aromatic heterocycles. The number of hydrogen-bond donors (Lipinski definition) is 8. The van der Waals surface area contributed by atoms with Gasteiger partial charge in [-0.05, 0) is 192 Å². The Morgan fingerprint density at radius 2 is 0.758 bits per heavy atom. The fraction of sp³-hybridized carbons (Fsp3) is 0.136. The predicted octanol–water partition coefficient (Wildman–Crippen LogP) is 19.6. The van der Waals surface area contributed by atoms with E-state index in [2.05, 4.69) is 201 Å². The summed E-state index contributed by atoms with van der Waals surface area (Å²) in [4.78, 5) is 91.7. The lowest BCUT2D eigenvalue weighted by atomic mass is 10.1. The Balaban J connectivity index is 0.000000115. The molecule has 15 heterocycles. The molecule has 36 heteroatoms. The van der Waals surface area contributed by atoms with Crippen LogP contribution in [0.15, 0.2) is 232 Å². The van der Waals surface area contributed by atoms with E-state index in [-0.39, 0.29) is 5.97 Å². The van der Waals surface area contributed by atoms with E-state index >= 15 is 0 Å². The number of cyclic esters (lactones) is 1. The number of aromatic nitrogens is 20. The largest absolute Gasteiger partial charge is 0.486 e. The number of carbonyl (C=O) groups excluding carboxylic acids is 1. The topological polar surface area (TPSA) is 390 Å². The molecule has 20 rings (SSSR count). The van der Waals surface area contributed by atoms with E-state index in [1.807, 2.05) is 155 Å². The number of rotatable bonds is 21. The van der Waals surface area contributed by atoms with Crippen LogP contribution in [-0.4, -0.2) is 119 Å². The van der Waals surface area contributed by atoms with Crippen LogP contribution >= 0.6 is 56.7 Å². The van der Waals surface area contributed by atoms with Gasteiger partial charge in [-0.3, -0.25) is 9.97 Å². The zero-order valence-electron chi connectivity index (χ0n) is 67.6. The highest BCUT2D eigenvalue weighted by Crippen LogP contribution is 2.36. The van der Waals surface area contributed by atoms with Crippen molar-refractivity contribution in [1.82, 2.24) is 100 Å². The van der Waals surface area contributed by atoms with Crippen LogP contribution in [-0.2, 0) is 24.4 Å². The van der Waals surface area contributed by atoms with Crippen LogP contribution in [0.1, 0.15) is 62.6 Å². The van der Waals surface area contributed by atoms with Crippen molar-refractivity contribution in [3.63, 3.8) is 0 Å². The highest BCUT2D eigenvalue weighted by Gasteiger charge is 2.22. The van der Waals surface area contributed by atoms with Crippen LogP contribution in [0.4, 0.5) is 69.6 Å². The molecule has 0 saturated carbocycles. The molecular weight excluding hydrogens is 1660 g/mol. The summed E-state index contributed by atoms with van der Waals surface area (Å²) in [5, 5.41) is 37.8. The minimum Gasteiger partial charge on any atom is -0.486 e. The van der Waals surface area contributed by atoms with Crippen molar-refractivity contribution >= 4 is 143 Å². The zero-order chi connectivity index (χ0) is 85.1. The van der Waals surface area contributed by atoms with Crippen molar-refractivity contribution in [3.8, 4) is 65.0 Å². The van der Waals surface area contributed by atoms with Crippen molar-refractivity contribution in [2.45, 2.75) is 68.2 Å². The predicted molar refractivity (Wildman–Crippen MR) is 488 cm³/mol. The Hall–Kier alpha value is -15.0. The van der Waals surface area contributed by atoms with Crippen molar-refractivity contribution < 1.29 is 19.0 Å². The zero-order valence-corrected chi connectivity index (χ0v) is 71.7. The number of nitrogens with one attached hydrogen (secondary N) is 8. The summed E-state index contributed by atoms with van der Waals surface area (Å²) < 4.78 is 16.1. The Kier molecular flexibility index (Phi) is 26.3. The Bertz CT molecular complexity index is 6490. The maximum absolute atomic E-state index is 11.6. The van der Waals surface area contributed by atoms with Gasteiger partial charge in [0, 0.05) is 157 Å². The first-order valence-electron chi connectivity index (χ1n) is 38.7. The first-order chi connectivity index (χ1) is 60.5. The normalized spacial score (nSPS) is 11.5. The number of thiazole rings is 5. The summed E-state index contributed by atoms with van der Waals surface area (Å²) >= 11 is 8.03. The quantitative estimate of drug-likeness (QED) is 0.0310. The molecule has 0 saturated heterocycles. The summed E-state index contributed by atoms with van der Waals surface area (Å²) in [6, 6.07) is 46.5. The molecule has 0 spiro atoms. The average Bonchev–Trinajstić information content (AvgIpc) is 1.55. The van der Waals surface area contributed by atoms with E-state index in [1.54, 1.807) is 119 Å². The molecular formula is C88H77N27O4S5. The molecule has 0 bridgehead atoms. The van der Waals surface area contributed by atoms with Crippen LogP contribution in [0.3, 0.4) is 0 Å². The molecule has 0 unspecified atom stereocenters. The first kappa shape index (κ1) is 82.7. The van der Waals surface area contributed by atoms with Gasteiger partial charge in [0.05, 0.1) is 24.3 Å². The van der Waals surface area contributed by atoms with E-state index in [0.29, 0.717) is 68.2 Å². The fourth-order valence-electron chi connectivity index (χ4n) is 12.4. The number of benzene rings is 5. The second-order valence-corrected chi connectivity index (χ2v) is 33.7.